The van der Waals surface area contributed by atoms with Crippen molar-refractivity contribution in [3.05, 3.63) is 57.4 Å². The molecule has 0 saturated heterocycles. The van der Waals surface area contributed by atoms with Crippen molar-refractivity contribution in [3.63, 3.8) is 0 Å². The molecule has 0 aliphatic carbocycles. The van der Waals surface area contributed by atoms with E-state index in [-0.39, 0.29) is 6.04 Å². The van der Waals surface area contributed by atoms with E-state index in [1.807, 2.05) is 30.3 Å². The fourth-order valence-electron chi connectivity index (χ4n) is 1.75. The summed E-state index contributed by atoms with van der Waals surface area (Å²) in [5.41, 5.74) is 4.87. The van der Waals surface area contributed by atoms with Crippen LogP contribution in [0.2, 0.25) is 0 Å². The number of rotatable bonds is 4. The lowest BCUT2D eigenvalue weighted by atomic mass is 10.0. The average Bonchev–Trinajstić information content (AvgIpc) is 2.42. The molecule has 94 valence electrons. The summed E-state index contributed by atoms with van der Waals surface area (Å²) in [7, 11) is 1.62. The highest BCUT2D eigenvalue weighted by Crippen LogP contribution is 2.24. The van der Waals surface area contributed by atoms with Crippen molar-refractivity contribution >= 4 is 22.6 Å². The highest BCUT2D eigenvalue weighted by atomic mass is 127. The number of nitrogens with two attached hydrogens (primary N) is 1. The summed E-state index contributed by atoms with van der Waals surface area (Å²) in [6, 6.07) is 10.0. The Morgan fingerprint density at radius 3 is 2.56 bits per heavy atom. The van der Waals surface area contributed by atoms with Gasteiger partial charge in [-0.2, -0.15) is 0 Å². The zero-order valence-corrected chi connectivity index (χ0v) is 12.1. The summed E-state index contributed by atoms with van der Waals surface area (Å²) >= 11 is 2.27. The van der Waals surface area contributed by atoms with Crippen molar-refractivity contribution in [1.82, 2.24) is 10.4 Å². The monoisotopic (exact) mass is 355 g/mol. The minimum Gasteiger partial charge on any atom is -0.495 e. The van der Waals surface area contributed by atoms with Gasteiger partial charge in [0.25, 0.3) is 0 Å². The number of halogens is 1. The molecule has 0 bridgehead atoms. The van der Waals surface area contributed by atoms with Gasteiger partial charge in [-0.25, -0.2) is 5.43 Å². The van der Waals surface area contributed by atoms with Crippen LogP contribution in [0.1, 0.15) is 17.2 Å². The quantitative estimate of drug-likeness (QED) is 0.502. The Bertz CT molecular complexity index is 516. The van der Waals surface area contributed by atoms with Crippen molar-refractivity contribution in [2.45, 2.75) is 6.04 Å². The van der Waals surface area contributed by atoms with Crippen LogP contribution >= 0.6 is 22.6 Å². The van der Waals surface area contributed by atoms with Gasteiger partial charge >= 0.3 is 0 Å². The minimum atomic E-state index is -0.0930. The summed E-state index contributed by atoms with van der Waals surface area (Å²) in [5, 5.41) is 0. The summed E-state index contributed by atoms with van der Waals surface area (Å²) < 4.78 is 6.36. The highest BCUT2D eigenvalue weighted by molar-refractivity contribution is 14.1. The Labute approximate surface area is 120 Å². The van der Waals surface area contributed by atoms with E-state index in [1.54, 1.807) is 19.5 Å². The summed E-state index contributed by atoms with van der Waals surface area (Å²) in [6.07, 6.45) is 3.45. The lowest BCUT2D eigenvalue weighted by Crippen LogP contribution is -2.28. The van der Waals surface area contributed by atoms with Gasteiger partial charge < -0.3 is 4.74 Å². The maximum atomic E-state index is 5.65. The van der Waals surface area contributed by atoms with Gasteiger partial charge in [0, 0.05) is 9.77 Å². The van der Waals surface area contributed by atoms with Crippen molar-refractivity contribution in [2.24, 2.45) is 5.84 Å². The van der Waals surface area contributed by atoms with Crippen LogP contribution in [0.5, 0.6) is 5.75 Å². The van der Waals surface area contributed by atoms with Gasteiger partial charge in [-0.1, -0.05) is 12.1 Å². The standard InChI is InChI=1S/C13H14IN3O/c1-18-12-6-10(7-16-8-12)13(17-15)9-2-4-11(14)5-3-9/h2-8,13,17H,15H2,1H3. The first-order valence-corrected chi connectivity index (χ1v) is 6.53. The maximum Gasteiger partial charge on any atom is 0.137 e. The molecule has 0 spiro atoms. The van der Waals surface area contributed by atoms with Crippen LogP contribution in [0.25, 0.3) is 0 Å². The molecule has 0 saturated carbocycles. The molecule has 18 heavy (non-hydrogen) atoms. The molecule has 0 amide bonds. The fourth-order valence-corrected chi connectivity index (χ4v) is 2.10. The zero-order valence-electron chi connectivity index (χ0n) is 9.93. The van der Waals surface area contributed by atoms with Gasteiger partial charge in [-0.3, -0.25) is 10.8 Å². The van der Waals surface area contributed by atoms with E-state index < -0.39 is 0 Å². The van der Waals surface area contributed by atoms with Crippen molar-refractivity contribution in [3.8, 4) is 5.75 Å². The van der Waals surface area contributed by atoms with Gasteiger partial charge in [0.15, 0.2) is 0 Å². The molecular formula is C13H14IN3O. The van der Waals surface area contributed by atoms with E-state index in [1.165, 1.54) is 3.57 Å². The maximum absolute atomic E-state index is 5.65. The predicted octanol–water partition coefficient (Wildman–Crippen LogP) is 2.25. The summed E-state index contributed by atoms with van der Waals surface area (Å²) in [4.78, 5) is 4.15. The number of methoxy groups -OCH3 is 1. The summed E-state index contributed by atoms with van der Waals surface area (Å²) in [6.45, 7) is 0. The first-order chi connectivity index (χ1) is 8.74. The van der Waals surface area contributed by atoms with Gasteiger partial charge in [0.05, 0.1) is 19.3 Å². The largest absolute Gasteiger partial charge is 0.495 e. The number of hydrogen-bond donors (Lipinski definition) is 2. The van der Waals surface area contributed by atoms with Crippen LogP contribution in [0.3, 0.4) is 0 Å². The lowest BCUT2D eigenvalue weighted by Gasteiger charge is -2.17. The van der Waals surface area contributed by atoms with Crippen LogP contribution < -0.4 is 16.0 Å². The number of nitrogens with zero attached hydrogens (tertiary/aromatic N) is 1. The highest BCUT2D eigenvalue weighted by Gasteiger charge is 2.13. The molecule has 1 aromatic carbocycles. The van der Waals surface area contributed by atoms with Crippen molar-refractivity contribution in [2.75, 3.05) is 7.11 Å². The smallest absolute Gasteiger partial charge is 0.137 e. The number of hydrazine groups is 1. The van der Waals surface area contributed by atoms with Gasteiger partial charge in [0.2, 0.25) is 0 Å². The van der Waals surface area contributed by atoms with Crippen LogP contribution in [0, 0.1) is 3.57 Å². The second-order valence-corrected chi connectivity index (χ2v) is 5.05. The fraction of sp³-hybridized carbons (Fsp3) is 0.154. The van der Waals surface area contributed by atoms with E-state index in [9.17, 15) is 0 Å². The molecule has 0 aliphatic heterocycles. The molecular weight excluding hydrogens is 341 g/mol. The first-order valence-electron chi connectivity index (χ1n) is 5.45. The number of hydrogen-bond acceptors (Lipinski definition) is 4. The Balaban J connectivity index is 2.35. The predicted molar refractivity (Wildman–Crippen MR) is 79.1 cm³/mol. The average molecular weight is 355 g/mol. The molecule has 3 N–H and O–H groups in total. The molecule has 4 nitrogen and oxygen atoms in total. The van der Waals surface area contributed by atoms with Crippen LogP contribution in [-0.4, -0.2) is 12.1 Å². The molecule has 0 radical (unpaired) electrons. The molecule has 0 fully saturated rings. The molecule has 1 atom stereocenters. The topological polar surface area (TPSA) is 60.2 Å². The van der Waals surface area contributed by atoms with E-state index >= 15 is 0 Å². The van der Waals surface area contributed by atoms with Gasteiger partial charge in [-0.05, 0) is 51.9 Å². The van der Waals surface area contributed by atoms with E-state index in [4.69, 9.17) is 10.6 Å². The second kappa shape index (κ2) is 6.12. The number of pyridine rings is 1. The van der Waals surface area contributed by atoms with E-state index in [2.05, 4.69) is 33.0 Å². The van der Waals surface area contributed by atoms with E-state index in [0.717, 1.165) is 16.9 Å². The van der Waals surface area contributed by atoms with E-state index in [0.29, 0.717) is 0 Å². The molecule has 1 heterocycles. The molecule has 5 heteroatoms. The van der Waals surface area contributed by atoms with Crippen molar-refractivity contribution in [1.29, 1.82) is 0 Å². The van der Waals surface area contributed by atoms with Crippen molar-refractivity contribution < 1.29 is 4.74 Å². The van der Waals surface area contributed by atoms with Crippen LogP contribution in [0.4, 0.5) is 0 Å². The van der Waals surface area contributed by atoms with Crippen LogP contribution in [0.15, 0.2) is 42.7 Å². The van der Waals surface area contributed by atoms with Crippen LogP contribution in [-0.2, 0) is 0 Å². The number of nitrogens with one attached hydrogen (secondary N) is 1. The van der Waals surface area contributed by atoms with Gasteiger partial charge in [0.1, 0.15) is 5.75 Å². The first kappa shape index (κ1) is 13.3. The normalized spacial score (nSPS) is 12.2. The van der Waals surface area contributed by atoms with Gasteiger partial charge in [-0.15, -0.1) is 0 Å². The zero-order chi connectivity index (χ0) is 13.0. The Kier molecular flexibility index (Phi) is 4.51. The lowest BCUT2D eigenvalue weighted by molar-refractivity contribution is 0.411. The Hall–Kier alpha value is -1.18. The third-order valence-electron chi connectivity index (χ3n) is 2.67. The summed E-state index contributed by atoms with van der Waals surface area (Å²) in [5.74, 6) is 6.37. The Morgan fingerprint density at radius 2 is 1.94 bits per heavy atom. The molecule has 0 aliphatic rings. The molecule has 2 aromatic rings. The Morgan fingerprint density at radius 1 is 1.22 bits per heavy atom. The second-order valence-electron chi connectivity index (χ2n) is 3.81. The third-order valence-corrected chi connectivity index (χ3v) is 3.39. The molecule has 2 rings (SSSR count). The number of benzene rings is 1. The minimum absolute atomic E-state index is 0.0930. The molecule has 1 unspecified atom stereocenters. The SMILES string of the molecule is COc1cncc(C(NN)c2ccc(I)cc2)c1. The third kappa shape index (κ3) is 2.98. The number of ether oxygens (including phenoxy) is 1. The number of aromatic nitrogens is 1. The molecule has 1 aromatic heterocycles.